The number of nitrogens with zero attached hydrogens (tertiary/aromatic N) is 1. The van der Waals surface area contributed by atoms with Crippen molar-refractivity contribution < 1.29 is 14.3 Å². The van der Waals surface area contributed by atoms with Crippen molar-refractivity contribution in [3.63, 3.8) is 0 Å². The smallest absolute Gasteiger partial charge is 0.251 e. The Morgan fingerprint density at radius 3 is 2.32 bits per heavy atom. The van der Waals surface area contributed by atoms with Crippen molar-refractivity contribution in [3.8, 4) is 5.75 Å². The second kappa shape index (κ2) is 10.3. The third-order valence-corrected chi connectivity index (χ3v) is 4.08. The van der Waals surface area contributed by atoms with E-state index in [9.17, 15) is 9.59 Å². The van der Waals surface area contributed by atoms with Gasteiger partial charge in [0.2, 0.25) is 5.91 Å². The molecule has 2 N–H and O–H groups in total. The molecule has 7 heteroatoms. The zero-order valence-electron chi connectivity index (χ0n) is 15.1. The first-order chi connectivity index (χ1) is 11.5. The molecule has 2 amide bonds. The maximum atomic E-state index is 12.7. The van der Waals surface area contributed by atoms with E-state index in [-0.39, 0.29) is 30.1 Å². The Morgan fingerprint density at radius 1 is 1.20 bits per heavy atom. The molecule has 1 heterocycles. The zero-order chi connectivity index (χ0) is 17.5. The topological polar surface area (TPSA) is 70.7 Å². The van der Waals surface area contributed by atoms with Crippen molar-refractivity contribution in [2.24, 2.45) is 5.92 Å². The molecule has 2 rings (SSSR count). The molecule has 0 radical (unpaired) electrons. The zero-order valence-corrected chi connectivity index (χ0v) is 15.9. The first-order valence-electron chi connectivity index (χ1n) is 8.56. The highest BCUT2D eigenvalue weighted by atomic mass is 35.5. The van der Waals surface area contributed by atoms with Gasteiger partial charge in [-0.2, -0.15) is 0 Å². The lowest BCUT2D eigenvalue weighted by atomic mass is 10.0. The minimum Gasteiger partial charge on any atom is -0.494 e. The largest absolute Gasteiger partial charge is 0.494 e. The van der Waals surface area contributed by atoms with E-state index in [0.29, 0.717) is 25.3 Å². The molecule has 0 spiro atoms. The number of rotatable bonds is 6. The molecule has 1 atom stereocenters. The van der Waals surface area contributed by atoms with Gasteiger partial charge in [-0.25, -0.2) is 0 Å². The summed E-state index contributed by atoms with van der Waals surface area (Å²) in [6, 6.07) is 6.45. The molecule has 1 aliphatic heterocycles. The van der Waals surface area contributed by atoms with E-state index in [1.54, 1.807) is 24.3 Å². The van der Waals surface area contributed by atoms with Crippen molar-refractivity contribution in [1.82, 2.24) is 15.5 Å². The highest BCUT2D eigenvalue weighted by molar-refractivity contribution is 5.97. The summed E-state index contributed by atoms with van der Waals surface area (Å²) in [5.74, 6) is 0.511. The minimum absolute atomic E-state index is 0. The number of carbonyl (C=O) groups excluding carboxylic acids is 2. The van der Waals surface area contributed by atoms with Gasteiger partial charge in [-0.1, -0.05) is 13.8 Å². The Hall–Kier alpha value is -1.79. The summed E-state index contributed by atoms with van der Waals surface area (Å²) in [5, 5.41) is 6.12. The Kier molecular flexibility index (Phi) is 8.72. The first kappa shape index (κ1) is 21.3. The summed E-state index contributed by atoms with van der Waals surface area (Å²) < 4.78 is 5.38. The molecule has 0 saturated carbocycles. The van der Waals surface area contributed by atoms with Crippen LogP contribution in [0, 0.1) is 5.92 Å². The van der Waals surface area contributed by atoms with Crippen LogP contribution in [0.5, 0.6) is 5.75 Å². The molecule has 140 valence electrons. The molecule has 1 saturated heterocycles. The Bertz CT molecular complexity index is 557. The quantitative estimate of drug-likeness (QED) is 0.800. The number of halogens is 1. The summed E-state index contributed by atoms with van der Waals surface area (Å²) in [6.07, 6.45) is 0. The third-order valence-electron chi connectivity index (χ3n) is 4.08. The number of amides is 2. The molecule has 1 aliphatic rings. The molecule has 1 aromatic rings. The van der Waals surface area contributed by atoms with Crippen molar-refractivity contribution >= 4 is 24.2 Å². The fourth-order valence-electron chi connectivity index (χ4n) is 2.69. The van der Waals surface area contributed by atoms with Gasteiger partial charge < -0.3 is 20.3 Å². The van der Waals surface area contributed by atoms with E-state index >= 15 is 0 Å². The second-order valence-corrected chi connectivity index (χ2v) is 6.23. The number of hydrogen-bond donors (Lipinski definition) is 2. The van der Waals surface area contributed by atoms with Crippen LogP contribution in [0.3, 0.4) is 0 Å². The lowest BCUT2D eigenvalue weighted by molar-refractivity contribution is -0.134. The standard InChI is InChI=1S/C18H27N3O3.ClH/c1-4-24-15-7-5-14(6-8-15)17(22)20-16(13(2)3)18(23)21-11-9-19-10-12-21;/h5-8,13,16,19H,4,9-12H2,1-3H3,(H,20,22);1H. The highest BCUT2D eigenvalue weighted by Crippen LogP contribution is 2.13. The molecule has 1 aromatic carbocycles. The van der Waals surface area contributed by atoms with Gasteiger partial charge in [0.25, 0.3) is 5.91 Å². The maximum absolute atomic E-state index is 12.7. The van der Waals surface area contributed by atoms with Crippen LogP contribution in [0.25, 0.3) is 0 Å². The van der Waals surface area contributed by atoms with Gasteiger partial charge in [0.1, 0.15) is 11.8 Å². The fraction of sp³-hybridized carbons (Fsp3) is 0.556. The molecule has 25 heavy (non-hydrogen) atoms. The van der Waals surface area contributed by atoms with Crippen molar-refractivity contribution in [1.29, 1.82) is 0 Å². The van der Waals surface area contributed by atoms with E-state index in [1.807, 2.05) is 25.7 Å². The average Bonchev–Trinajstić information content (AvgIpc) is 2.60. The highest BCUT2D eigenvalue weighted by Gasteiger charge is 2.29. The predicted molar refractivity (Wildman–Crippen MR) is 100 cm³/mol. The molecule has 1 fully saturated rings. The number of piperazine rings is 1. The van der Waals surface area contributed by atoms with E-state index in [2.05, 4.69) is 10.6 Å². The van der Waals surface area contributed by atoms with Gasteiger partial charge in [0, 0.05) is 31.7 Å². The molecular formula is C18H28ClN3O3. The molecule has 0 bridgehead atoms. The SMILES string of the molecule is CCOc1ccc(C(=O)NC(C(=O)N2CCNCC2)C(C)C)cc1.Cl. The van der Waals surface area contributed by atoms with Gasteiger partial charge >= 0.3 is 0 Å². The van der Waals surface area contributed by atoms with Crippen LogP contribution in [-0.4, -0.2) is 55.5 Å². The van der Waals surface area contributed by atoms with Gasteiger partial charge in [-0.05, 0) is 37.1 Å². The minimum atomic E-state index is -0.512. The molecule has 6 nitrogen and oxygen atoms in total. The number of benzene rings is 1. The number of nitrogens with one attached hydrogen (secondary N) is 2. The summed E-state index contributed by atoms with van der Waals surface area (Å²) in [6.45, 7) is 9.34. The Morgan fingerprint density at radius 2 is 1.80 bits per heavy atom. The van der Waals surface area contributed by atoms with E-state index in [0.717, 1.165) is 18.8 Å². The van der Waals surface area contributed by atoms with E-state index in [4.69, 9.17) is 4.74 Å². The van der Waals surface area contributed by atoms with E-state index in [1.165, 1.54) is 0 Å². The van der Waals surface area contributed by atoms with Crippen molar-refractivity contribution in [2.45, 2.75) is 26.8 Å². The summed E-state index contributed by atoms with van der Waals surface area (Å²) in [7, 11) is 0. The summed E-state index contributed by atoms with van der Waals surface area (Å²) in [4.78, 5) is 27.0. The monoisotopic (exact) mass is 369 g/mol. The maximum Gasteiger partial charge on any atom is 0.251 e. The summed E-state index contributed by atoms with van der Waals surface area (Å²) >= 11 is 0. The van der Waals surface area contributed by atoms with E-state index < -0.39 is 6.04 Å². The molecular weight excluding hydrogens is 342 g/mol. The van der Waals surface area contributed by atoms with Crippen molar-refractivity contribution in [2.75, 3.05) is 32.8 Å². The number of ether oxygens (including phenoxy) is 1. The molecule has 1 unspecified atom stereocenters. The van der Waals surface area contributed by atoms with Crippen LogP contribution in [0.15, 0.2) is 24.3 Å². The first-order valence-corrected chi connectivity index (χ1v) is 8.56. The normalized spacial score (nSPS) is 15.3. The van der Waals surface area contributed by atoms with Gasteiger partial charge in [-0.3, -0.25) is 9.59 Å². The second-order valence-electron chi connectivity index (χ2n) is 6.23. The van der Waals surface area contributed by atoms with Crippen LogP contribution in [0.2, 0.25) is 0 Å². The molecule has 0 aliphatic carbocycles. The third kappa shape index (κ3) is 5.90. The van der Waals surface area contributed by atoms with Gasteiger partial charge in [-0.15, -0.1) is 12.4 Å². The number of hydrogen-bond acceptors (Lipinski definition) is 4. The van der Waals surface area contributed by atoms with Crippen LogP contribution in [0.1, 0.15) is 31.1 Å². The molecule has 0 aromatic heterocycles. The lowest BCUT2D eigenvalue weighted by Gasteiger charge is -2.32. The van der Waals surface area contributed by atoms with Crippen molar-refractivity contribution in [3.05, 3.63) is 29.8 Å². The van der Waals surface area contributed by atoms with Gasteiger partial charge in [0.05, 0.1) is 6.61 Å². The predicted octanol–water partition coefficient (Wildman–Crippen LogP) is 1.69. The Balaban J connectivity index is 0.00000312. The Labute approximate surface area is 155 Å². The average molecular weight is 370 g/mol. The van der Waals surface area contributed by atoms with Crippen LogP contribution in [0.4, 0.5) is 0 Å². The summed E-state index contributed by atoms with van der Waals surface area (Å²) in [5.41, 5.74) is 0.525. The van der Waals surface area contributed by atoms with Gasteiger partial charge in [0.15, 0.2) is 0 Å². The van der Waals surface area contributed by atoms with Crippen LogP contribution >= 0.6 is 12.4 Å². The number of carbonyl (C=O) groups is 2. The lowest BCUT2D eigenvalue weighted by Crippen LogP contribution is -2.55. The van der Waals surface area contributed by atoms with Crippen LogP contribution in [-0.2, 0) is 4.79 Å². The van der Waals surface area contributed by atoms with Crippen LogP contribution < -0.4 is 15.4 Å². The fourth-order valence-corrected chi connectivity index (χ4v) is 2.69.